The molecular formula is C21H27N3O. The fraction of sp³-hybridized carbons (Fsp3) is 0.333. The number of aliphatic imine (C=N–C) groups is 1. The first-order chi connectivity index (χ1) is 12.1. The van der Waals surface area contributed by atoms with Gasteiger partial charge in [-0.2, -0.15) is 0 Å². The Morgan fingerprint density at radius 3 is 2.60 bits per heavy atom. The molecule has 0 atom stereocenters. The lowest BCUT2D eigenvalue weighted by Gasteiger charge is -2.17. The molecule has 132 valence electrons. The highest BCUT2D eigenvalue weighted by Crippen LogP contribution is 2.32. The van der Waals surface area contributed by atoms with Crippen molar-refractivity contribution in [1.29, 1.82) is 0 Å². The molecule has 1 aliphatic heterocycles. The number of benzene rings is 2. The van der Waals surface area contributed by atoms with Crippen molar-refractivity contribution in [3.8, 4) is 0 Å². The molecule has 1 aliphatic rings. The standard InChI is InChI=1S/C19H21N3O.C2H6/c1-3-9-21-18-8-7-16(10-13(18)4-2)22-12-14-5-6-15(20)11-17(14)19(22)23;1-2/h5-11H,3-4,12,20H2,1-2H3;1-2H3. The number of rotatable bonds is 4. The molecule has 2 aromatic carbocycles. The number of carbonyl (C=O) groups is 1. The Balaban J connectivity index is 0.00000109. The van der Waals surface area contributed by atoms with Crippen molar-refractivity contribution in [3.05, 3.63) is 53.1 Å². The number of hydrogen-bond acceptors (Lipinski definition) is 3. The summed E-state index contributed by atoms with van der Waals surface area (Å²) in [5, 5.41) is 0. The zero-order valence-corrected chi connectivity index (χ0v) is 15.5. The average Bonchev–Trinajstić information content (AvgIpc) is 2.98. The van der Waals surface area contributed by atoms with Crippen LogP contribution in [0, 0.1) is 0 Å². The van der Waals surface area contributed by atoms with Crippen molar-refractivity contribution < 1.29 is 4.79 Å². The molecular weight excluding hydrogens is 310 g/mol. The van der Waals surface area contributed by atoms with Crippen LogP contribution in [0.15, 0.2) is 41.4 Å². The number of anilines is 2. The van der Waals surface area contributed by atoms with Crippen LogP contribution in [-0.4, -0.2) is 12.1 Å². The number of carbonyl (C=O) groups excluding carboxylic acids is 1. The number of nitrogens with two attached hydrogens (primary N) is 1. The monoisotopic (exact) mass is 337 g/mol. The summed E-state index contributed by atoms with van der Waals surface area (Å²) >= 11 is 0. The van der Waals surface area contributed by atoms with Gasteiger partial charge in [0.05, 0.1) is 12.2 Å². The average molecular weight is 337 g/mol. The van der Waals surface area contributed by atoms with E-state index in [-0.39, 0.29) is 5.91 Å². The number of amides is 1. The van der Waals surface area contributed by atoms with Crippen molar-refractivity contribution in [3.63, 3.8) is 0 Å². The van der Waals surface area contributed by atoms with Gasteiger partial charge >= 0.3 is 0 Å². The summed E-state index contributed by atoms with van der Waals surface area (Å²) in [5.41, 5.74) is 11.2. The highest BCUT2D eigenvalue weighted by Gasteiger charge is 2.28. The summed E-state index contributed by atoms with van der Waals surface area (Å²) in [6.07, 6.45) is 3.70. The van der Waals surface area contributed by atoms with Gasteiger partial charge in [0.15, 0.2) is 0 Å². The summed E-state index contributed by atoms with van der Waals surface area (Å²) in [5.74, 6) is 0.0131. The van der Waals surface area contributed by atoms with Crippen molar-refractivity contribution in [2.75, 3.05) is 10.6 Å². The smallest absolute Gasteiger partial charge is 0.259 e. The van der Waals surface area contributed by atoms with Gasteiger partial charge in [0.1, 0.15) is 0 Å². The Morgan fingerprint density at radius 2 is 1.92 bits per heavy atom. The van der Waals surface area contributed by atoms with Crippen LogP contribution in [0.5, 0.6) is 0 Å². The van der Waals surface area contributed by atoms with Crippen LogP contribution in [0.2, 0.25) is 0 Å². The molecule has 0 spiro atoms. The van der Waals surface area contributed by atoms with Gasteiger partial charge in [0.2, 0.25) is 0 Å². The van der Waals surface area contributed by atoms with Crippen LogP contribution in [0.25, 0.3) is 0 Å². The second-order valence-corrected chi connectivity index (χ2v) is 5.69. The van der Waals surface area contributed by atoms with Crippen LogP contribution in [0.1, 0.15) is 55.6 Å². The summed E-state index contributed by atoms with van der Waals surface area (Å²) in [7, 11) is 0. The van der Waals surface area contributed by atoms with E-state index in [1.165, 1.54) is 0 Å². The molecule has 0 aliphatic carbocycles. The Bertz CT molecular complexity index is 781. The second-order valence-electron chi connectivity index (χ2n) is 5.69. The number of fused-ring (bicyclic) bond motifs is 1. The lowest BCUT2D eigenvalue weighted by atomic mass is 10.1. The Labute approximate surface area is 150 Å². The van der Waals surface area contributed by atoms with E-state index < -0.39 is 0 Å². The highest BCUT2D eigenvalue weighted by atomic mass is 16.2. The Hall–Kier alpha value is -2.62. The third-order valence-corrected chi connectivity index (χ3v) is 4.11. The van der Waals surface area contributed by atoms with E-state index in [1.807, 2.05) is 44.3 Å². The second kappa shape index (κ2) is 8.47. The number of hydrogen-bond donors (Lipinski definition) is 1. The Kier molecular flexibility index (Phi) is 6.34. The first kappa shape index (κ1) is 18.7. The molecule has 2 N–H and O–H groups in total. The summed E-state index contributed by atoms with van der Waals surface area (Å²) in [6, 6.07) is 11.6. The number of aryl methyl sites for hydroxylation is 1. The first-order valence-electron chi connectivity index (χ1n) is 8.99. The van der Waals surface area contributed by atoms with Gasteiger partial charge in [0.25, 0.3) is 5.91 Å². The van der Waals surface area contributed by atoms with Crippen molar-refractivity contribution >= 4 is 29.2 Å². The van der Waals surface area contributed by atoms with Gasteiger partial charge in [0, 0.05) is 23.2 Å². The van der Waals surface area contributed by atoms with E-state index in [9.17, 15) is 4.79 Å². The molecule has 1 amide bonds. The van der Waals surface area contributed by atoms with Gasteiger partial charge in [-0.25, -0.2) is 0 Å². The van der Waals surface area contributed by atoms with Crippen molar-refractivity contribution in [1.82, 2.24) is 0 Å². The minimum atomic E-state index is 0.0131. The summed E-state index contributed by atoms with van der Waals surface area (Å²) in [4.78, 5) is 18.9. The summed E-state index contributed by atoms with van der Waals surface area (Å²) < 4.78 is 0. The minimum absolute atomic E-state index is 0.0131. The molecule has 0 fully saturated rings. The topological polar surface area (TPSA) is 58.7 Å². The van der Waals surface area contributed by atoms with Gasteiger partial charge in [-0.15, -0.1) is 0 Å². The van der Waals surface area contributed by atoms with Crippen LogP contribution < -0.4 is 10.6 Å². The molecule has 0 bridgehead atoms. The number of nitrogen functional groups attached to an aromatic ring is 1. The first-order valence-corrected chi connectivity index (χ1v) is 8.99. The molecule has 3 rings (SSSR count). The minimum Gasteiger partial charge on any atom is -0.399 e. The predicted octanol–water partition coefficient (Wildman–Crippen LogP) is 5.13. The SMILES string of the molecule is CC.CCC=Nc1ccc(N2Cc3ccc(N)cc3C2=O)cc1CC. The van der Waals surface area contributed by atoms with E-state index in [4.69, 9.17) is 5.73 Å². The van der Waals surface area contributed by atoms with E-state index in [2.05, 4.69) is 24.9 Å². The highest BCUT2D eigenvalue weighted by molar-refractivity contribution is 6.10. The van der Waals surface area contributed by atoms with Gasteiger partial charge < -0.3 is 10.6 Å². The summed E-state index contributed by atoms with van der Waals surface area (Å²) in [6.45, 7) is 8.76. The lowest BCUT2D eigenvalue weighted by Crippen LogP contribution is -2.23. The van der Waals surface area contributed by atoms with E-state index in [1.54, 1.807) is 11.0 Å². The molecule has 0 radical (unpaired) electrons. The molecule has 0 aromatic heterocycles. The molecule has 1 heterocycles. The van der Waals surface area contributed by atoms with E-state index in [0.29, 0.717) is 17.8 Å². The quantitative estimate of drug-likeness (QED) is 0.621. The van der Waals surface area contributed by atoms with Crippen molar-refractivity contribution in [2.45, 2.75) is 47.1 Å². The van der Waals surface area contributed by atoms with Crippen molar-refractivity contribution in [2.24, 2.45) is 4.99 Å². The van der Waals surface area contributed by atoms with Gasteiger partial charge in [-0.1, -0.05) is 33.8 Å². The molecule has 0 unspecified atom stereocenters. The van der Waals surface area contributed by atoms with Crippen LogP contribution in [-0.2, 0) is 13.0 Å². The predicted molar refractivity (Wildman–Crippen MR) is 107 cm³/mol. The van der Waals surface area contributed by atoms with E-state index >= 15 is 0 Å². The van der Waals surface area contributed by atoms with Crippen LogP contribution in [0.4, 0.5) is 17.1 Å². The maximum Gasteiger partial charge on any atom is 0.259 e. The molecule has 4 heteroatoms. The third-order valence-electron chi connectivity index (χ3n) is 4.11. The van der Waals surface area contributed by atoms with Crippen LogP contribution in [0.3, 0.4) is 0 Å². The third kappa shape index (κ3) is 3.90. The molecule has 0 saturated heterocycles. The number of nitrogens with zero attached hydrogens (tertiary/aromatic N) is 2. The largest absolute Gasteiger partial charge is 0.399 e. The normalized spacial score (nSPS) is 13.0. The molecule has 2 aromatic rings. The molecule has 25 heavy (non-hydrogen) atoms. The Morgan fingerprint density at radius 1 is 1.16 bits per heavy atom. The molecule has 4 nitrogen and oxygen atoms in total. The maximum atomic E-state index is 12.6. The maximum absolute atomic E-state index is 12.6. The fourth-order valence-electron chi connectivity index (χ4n) is 2.87. The fourth-order valence-corrected chi connectivity index (χ4v) is 2.87. The van der Waals surface area contributed by atoms with E-state index in [0.717, 1.165) is 35.3 Å². The molecule has 0 saturated carbocycles. The lowest BCUT2D eigenvalue weighted by molar-refractivity contribution is 0.0996. The van der Waals surface area contributed by atoms with Crippen LogP contribution >= 0.6 is 0 Å². The van der Waals surface area contributed by atoms with Gasteiger partial charge in [-0.3, -0.25) is 9.79 Å². The zero-order chi connectivity index (χ0) is 18.4. The van der Waals surface area contributed by atoms with Gasteiger partial charge in [-0.05, 0) is 54.3 Å². The zero-order valence-electron chi connectivity index (χ0n) is 15.5.